The topological polar surface area (TPSA) is 64.4 Å². The third kappa shape index (κ3) is 3.83. The molecule has 1 heterocycles. The lowest BCUT2D eigenvalue weighted by atomic mass is 9.93. The summed E-state index contributed by atoms with van der Waals surface area (Å²) in [5, 5.41) is 10.7. The molecule has 1 aliphatic rings. The molecule has 0 saturated carbocycles. The van der Waals surface area contributed by atoms with Crippen molar-refractivity contribution in [3.63, 3.8) is 0 Å². The van der Waals surface area contributed by atoms with Crippen LogP contribution in [0.5, 0.6) is 0 Å². The van der Waals surface area contributed by atoms with Crippen LogP contribution in [0.4, 0.5) is 4.79 Å². The lowest BCUT2D eigenvalue weighted by Crippen LogP contribution is -2.38. The van der Waals surface area contributed by atoms with Gasteiger partial charge in [0.2, 0.25) is 5.91 Å². The Balaban J connectivity index is 2.10. The first kappa shape index (κ1) is 19.0. The SMILES string of the molecule is CCCN1C(=O)N(C(=O)CSC#N)[C@@H](c2ccccc2)[C@@H]1c1ccccc1. The van der Waals surface area contributed by atoms with E-state index in [1.165, 1.54) is 4.90 Å². The zero-order chi connectivity index (χ0) is 19.2. The smallest absolute Gasteiger partial charge is 0.315 e. The third-order valence-electron chi connectivity index (χ3n) is 4.64. The van der Waals surface area contributed by atoms with Gasteiger partial charge in [-0.1, -0.05) is 67.6 Å². The molecule has 3 amide bonds. The van der Waals surface area contributed by atoms with Crippen LogP contribution in [0.15, 0.2) is 60.7 Å². The number of nitrogens with zero attached hydrogens (tertiary/aromatic N) is 3. The molecule has 138 valence electrons. The van der Waals surface area contributed by atoms with Crippen molar-refractivity contribution in [3.05, 3.63) is 71.8 Å². The minimum Gasteiger partial charge on any atom is -0.315 e. The molecule has 0 unspecified atom stereocenters. The number of thioether (sulfide) groups is 1. The van der Waals surface area contributed by atoms with Crippen molar-refractivity contribution >= 4 is 23.7 Å². The van der Waals surface area contributed by atoms with E-state index in [0.717, 1.165) is 29.3 Å². The van der Waals surface area contributed by atoms with Crippen LogP contribution in [0.1, 0.15) is 36.6 Å². The molecule has 3 rings (SSSR count). The summed E-state index contributed by atoms with van der Waals surface area (Å²) in [6, 6.07) is 18.5. The van der Waals surface area contributed by atoms with Gasteiger partial charge in [0.25, 0.3) is 0 Å². The fraction of sp³-hybridized carbons (Fsp3) is 0.286. The summed E-state index contributed by atoms with van der Waals surface area (Å²) in [4.78, 5) is 29.2. The highest BCUT2D eigenvalue weighted by Crippen LogP contribution is 2.45. The number of imide groups is 1. The van der Waals surface area contributed by atoms with E-state index in [2.05, 4.69) is 0 Å². The Kier molecular flexibility index (Phi) is 6.15. The second kappa shape index (κ2) is 8.74. The predicted molar refractivity (Wildman–Crippen MR) is 106 cm³/mol. The lowest BCUT2D eigenvalue weighted by Gasteiger charge is -2.28. The number of hydrogen-bond donors (Lipinski definition) is 0. The van der Waals surface area contributed by atoms with Crippen molar-refractivity contribution in [2.45, 2.75) is 25.4 Å². The van der Waals surface area contributed by atoms with E-state index in [1.807, 2.05) is 73.0 Å². The monoisotopic (exact) mass is 379 g/mol. The Morgan fingerprint density at radius 1 is 1.04 bits per heavy atom. The average Bonchev–Trinajstić information content (AvgIpc) is 3.00. The van der Waals surface area contributed by atoms with E-state index in [9.17, 15) is 9.59 Å². The van der Waals surface area contributed by atoms with Gasteiger partial charge in [0, 0.05) is 6.54 Å². The predicted octanol–water partition coefficient (Wildman–Crippen LogP) is 4.36. The number of thiocyanates is 1. The Bertz CT molecular complexity index is 836. The zero-order valence-corrected chi connectivity index (χ0v) is 15.9. The number of urea groups is 1. The fourth-order valence-electron chi connectivity index (χ4n) is 3.58. The molecule has 2 atom stereocenters. The van der Waals surface area contributed by atoms with E-state index in [-0.39, 0.29) is 23.7 Å². The fourth-order valence-corrected chi connectivity index (χ4v) is 3.91. The van der Waals surface area contributed by atoms with Gasteiger partial charge in [-0.25, -0.2) is 4.79 Å². The molecular weight excluding hydrogens is 358 g/mol. The van der Waals surface area contributed by atoms with Crippen molar-refractivity contribution in [3.8, 4) is 5.40 Å². The van der Waals surface area contributed by atoms with Gasteiger partial charge in [0.05, 0.1) is 17.8 Å². The van der Waals surface area contributed by atoms with Crippen LogP contribution in [0, 0.1) is 10.7 Å². The number of carbonyl (C=O) groups excluding carboxylic acids is 2. The number of hydrogen-bond acceptors (Lipinski definition) is 4. The summed E-state index contributed by atoms with van der Waals surface area (Å²) in [5.41, 5.74) is 1.91. The normalized spacial score (nSPS) is 19.2. The maximum atomic E-state index is 13.2. The zero-order valence-electron chi connectivity index (χ0n) is 15.1. The quantitative estimate of drug-likeness (QED) is 0.700. The summed E-state index contributed by atoms with van der Waals surface area (Å²) < 4.78 is 0. The Hall–Kier alpha value is -2.78. The molecule has 1 aliphatic heterocycles. The van der Waals surface area contributed by atoms with Crippen molar-refractivity contribution < 1.29 is 9.59 Å². The van der Waals surface area contributed by atoms with Crippen LogP contribution in [0.3, 0.4) is 0 Å². The number of carbonyl (C=O) groups is 2. The first-order valence-electron chi connectivity index (χ1n) is 8.92. The maximum Gasteiger partial charge on any atom is 0.327 e. The van der Waals surface area contributed by atoms with Crippen LogP contribution >= 0.6 is 11.8 Å². The lowest BCUT2D eigenvalue weighted by molar-refractivity contribution is -0.126. The van der Waals surface area contributed by atoms with E-state index in [4.69, 9.17) is 5.26 Å². The Morgan fingerprint density at radius 3 is 2.11 bits per heavy atom. The highest BCUT2D eigenvalue weighted by atomic mass is 32.2. The highest BCUT2D eigenvalue weighted by molar-refractivity contribution is 8.04. The molecule has 0 aromatic heterocycles. The number of amides is 3. The van der Waals surface area contributed by atoms with Crippen LogP contribution in [0.25, 0.3) is 0 Å². The Labute approximate surface area is 163 Å². The summed E-state index contributed by atoms with van der Waals surface area (Å²) in [6.07, 6.45) is 0.797. The van der Waals surface area contributed by atoms with Crippen molar-refractivity contribution in [2.75, 3.05) is 12.3 Å². The van der Waals surface area contributed by atoms with Gasteiger partial charge in [-0.2, -0.15) is 5.26 Å². The molecule has 0 N–H and O–H groups in total. The van der Waals surface area contributed by atoms with Crippen molar-refractivity contribution in [1.29, 1.82) is 5.26 Å². The second-order valence-electron chi connectivity index (χ2n) is 6.33. The van der Waals surface area contributed by atoms with E-state index in [1.54, 1.807) is 4.90 Å². The third-order valence-corrected chi connectivity index (χ3v) is 5.16. The van der Waals surface area contributed by atoms with Gasteiger partial charge in [-0.3, -0.25) is 9.69 Å². The number of benzene rings is 2. The van der Waals surface area contributed by atoms with Crippen LogP contribution in [-0.4, -0.2) is 34.0 Å². The van der Waals surface area contributed by atoms with Gasteiger partial charge in [-0.05, 0) is 29.3 Å². The Morgan fingerprint density at radius 2 is 1.59 bits per heavy atom. The first-order valence-corrected chi connectivity index (χ1v) is 9.91. The van der Waals surface area contributed by atoms with Crippen molar-refractivity contribution in [1.82, 2.24) is 9.80 Å². The van der Waals surface area contributed by atoms with Crippen LogP contribution < -0.4 is 0 Å². The number of nitriles is 1. The van der Waals surface area contributed by atoms with Gasteiger partial charge in [0.15, 0.2) is 0 Å². The molecule has 27 heavy (non-hydrogen) atoms. The maximum absolute atomic E-state index is 13.2. The van der Waals surface area contributed by atoms with E-state index < -0.39 is 6.04 Å². The highest BCUT2D eigenvalue weighted by Gasteiger charge is 2.49. The average molecular weight is 379 g/mol. The van der Waals surface area contributed by atoms with E-state index in [0.29, 0.717) is 6.54 Å². The van der Waals surface area contributed by atoms with Crippen LogP contribution in [0.2, 0.25) is 0 Å². The standard InChI is InChI=1S/C21H21N3O2S/c1-2-13-23-19(16-9-5-3-6-10-16)20(17-11-7-4-8-12-17)24(21(23)26)18(25)14-27-15-22/h3-12,19-20H,2,13-14H2,1H3/t19-,20-/m0/s1. The largest absolute Gasteiger partial charge is 0.327 e. The molecule has 1 saturated heterocycles. The first-order chi connectivity index (χ1) is 13.2. The van der Waals surface area contributed by atoms with Crippen molar-refractivity contribution in [2.24, 2.45) is 0 Å². The van der Waals surface area contributed by atoms with Gasteiger partial charge in [-0.15, -0.1) is 0 Å². The minimum atomic E-state index is -0.417. The minimum absolute atomic E-state index is 0.0347. The summed E-state index contributed by atoms with van der Waals surface area (Å²) in [6.45, 7) is 2.58. The molecule has 0 radical (unpaired) electrons. The van der Waals surface area contributed by atoms with Crippen LogP contribution in [-0.2, 0) is 4.79 Å². The molecule has 2 aromatic rings. The summed E-state index contributed by atoms with van der Waals surface area (Å²) in [7, 11) is 0. The molecule has 2 aromatic carbocycles. The molecular formula is C21H21N3O2S. The molecule has 0 spiro atoms. The molecule has 5 nitrogen and oxygen atoms in total. The summed E-state index contributed by atoms with van der Waals surface area (Å²) >= 11 is 0.858. The molecule has 0 aliphatic carbocycles. The van der Waals surface area contributed by atoms with Gasteiger partial charge in [0.1, 0.15) is 5.40 Å². The van der Waals surface area contributed by atoms with Gasteiger partial charge < -0.3 is 4.90 Å². The van der Waals surface area contributed by atoms with Gasteiger partial charge >= 0.3 is 6.03 Å². The van der Waals surface area contributed by atoms with E-state index >= 15 is 0 Å². The number of rotatable bonds is 6. The molecule has 1 fully saturated rings. The molecule has 0 bridgehead atoms. The summed E-state index contributed by atoms with van der Waals surface area (Å²) in [5.74, 6) is -0.368. The molecule has 6 heteroatoms. The second-order valence-corrected chi connectivity index (χ2v) is 7.09.